The monoisotopic (exact) mass is 423 g/mol. The van der Waals surface area contributed by atoms with Gasteiger partial charge in [-0.3, -0.25) is 9.59 Å². The molecule has 0 spiro atoms. The zero-order valence-electron chi connectivity index (χ0n) is 15.9. The highest BCUT2D eigenvalue weighted by atomic mass is 35.5. The van der Waals surface area contributed by atoms with Gasteiger partial charge in [0.05, 0.1) is 16.8 Å². The molecule has 0 saturated carbocycles. The number of amides is 1. The second-order valence-electron chi connectivity index (χ2n) is 6.93. The van der Waals surface area contributed by atoms with E-state index in [1.807, 2.05) is 60.8 Å². The van der Waals surface area contributed by atoms with Gasteiger partial charge in [0.1, 0.15) is 5.00 Å². The fourth-order valence-electron chi connectivity index (χ4n) is 3.22. The molecule has 4 rings (SSSR count). The van der Waals surface area contributed by atoms with Gasteiger partial charge in [0.15, 0.2) is 0 Å². The number of fused-ring (bicyclic) bond motifs is 1. The van der Waals surface area contributed by atoms with Crippen LogP contribution in [-0.4, -0.2) is 20.5 Å². The number of hydrogen-bond acceptors (Lipinski definition) is 4. The average molecular weight is 424 g/mol. The Kier molecular flexibility index (Phi) is 5.22. The van der Waals surface area contributed by atoms with Crippen molar-refractivity contribution in [3.8, 4) is 0 Å². The van der Waals surface area contributed by atoms with E-state index in [0.29, 0.717) is 22.0 Å². The number of hydrogen-bond donors (Lipinski definition) is 1. The minimum absolute atomic E-state index is 0.386. The Morgan fingerprint density at radius 3 is 2.55 bits per heavy atom. The number of rotatable bonds is 5. The van der Waals surface area contributed by atoms with Gasteiger partial charge in [0.25, 0.3) is 11.7 Å². The molecule has 0 aliphatic rings. The van der Waals surface area contributed by atoms with Crippen molar-refractivity contribution < 1.29 is 9.59 Å². The molecule has 3 heterocycles. The molecule has 1 amide bonds. The van der Waals surface area contributed by atoms with E-state index in [9.17, 15) is 9.59 Å². The fraction of sp³-hybridized carbons (Fsp3) is 0.136. The van der Waals surface area contributed by atoms with Crippen molar-refractivity contribution in [3.63, 3.8) is 0 Å². The summed E-state index contributed by atoms with van der Waals surface area (Å²) in [6.07, 6.45) is 2.54. The normalized spacial score (nSPS) is 11.0. The smallest absolute Gasteiger partial charge is 0.297 e. The molecule has 1 aromatic carbocycles. The first-order valence-electron chi connectivity index (χ1n) is 9.05. The third kappa shape index (κ3) is 4.09. The lowest BCUT2D eigenvalue weighted by molar-refractivity contribution is -0.112. The van der Waals surface area contributed by atoms with Gasteiger partial charge in [0.2, 0.25) is 0 Å². The number of ketones is 1. The minimum Gasteiger partial charge on any atom is -0.320 e. The minimum atomic E-state index is -0.666. The number of nitrogens with one attached hydrogen (secondary N) is 1. The van der Waals surface area contributed by atoms with Crippen molar-refractivity contribution in [1.82, 2.24) is 8.77 Å². The lowest BCUT2D eigenvalue weighted by Gasteiger charge is -2.05. The summed E-state index contributed by atoms with van der Waals surface area (Å²) in [7, 11) is 0. The van der Waals surface area contributed by atoms with Crippen LogP contribution in [0.2, 0.25) is 5.02 Å². The van der Waals surface area contributed by atoms with E-state index in [0.717, 1.165) is 39.6 Å². The van der Waals surface area contributed by atoms with Crippen LogP contribution in [0.1, 0.15) is 32.9 Å². The lowest BCUT2D eigenvalue weighted by Crippen LogP contribution is -2.22. The van der Waals surface area contributed by atoms with Gasteiger partial charge in [-0.05, 0) is 72.9 Å². The molecule has 0 radical (unpaired) electrons. The number of nitrogens with zero attached hydrogens (tertiary/aromatic N) is 2. The van der Waals surface area contributed by atoms with E-state index in [2.05, 4.69) is 9.69 Å². The maximum Gasteiger partial charge on any atom is 0.297 e. The van der Waals surface area contributed by atoms with E-state index in [-0.39, 0.29) is 0 Å². The first-order chi connectivity index (χ1) is 13.9. The van der Waals surface area contributed by atoms with Crippen LogP contribution in [0, 0.1) is 13.8 Å². The Balaban J connectivity index is 1.69. The molecule has 146 valence electrons. The summed E-state index contributed by atoms with van der Waals surface area (Å²) in [4.78, 5) is 25.5. The number of Topliss-reactive ketones (excluding diaryl/α,β-unsaturated/α-hetero) is 1. The topological polar surface area (TPSA) is 63.5 Å². The predicted molar refractivity (Wildman–Crippen MR) is 116 cm³/mol. The molecule has 5 nitrogen and oxygen atoms in total. The number of anilines is 1. The Hall–Kier alpha value is -2.96. The highest BCUT2D eigenvalue weighted by Gasteiger charge is 2.22. The first kappa shape index (κ1) is 19.4. The molecule has 0 bridgehead atoms. The van der Waals surface area contributed by atoms with E-state index in [1.165, 1.54) is 0 Å². The maximum absolute atomic E-state index is 12.9. The predicted octanol–water partition coefficient (Wildman–Crippen LogP) is 5.08. The van der Waals surface area contributed by atoms with Gasteiger partial charge in [-0.15, -0.1) is 0 Å². The van der Waals surface area contributed by atoms with Crippen LogP contribution in [0.3, 0.4) is 0 Å². The van der Waals surface area contributed by atoms with E-state index in [4.69, 9.17) is 11.6 Å². The number of aromatic nitrogens is 2. The quantitative estimate of drug-likeness (QED) is 0.359. The third-order valence-corrected chi connectivity index (χ3v) is 5.67. The molecule has 4 aromatic rings. The standard InChI is InChI=1S/C22H18ClN3O2S/c1-13-7-8-26-17(11-15-3-5-16(23)6-4-15)12-18(19(26)9-13)21(27)22(28)24-20-10-14(2)25-29-20/h3-10,12H,11H2,1-2H3,(H,24,28). The molecule has 0 aliphatic carbocycles. The van der Waals surface area contributed by atoms with Gasteiger partial charge in [-0.1, -0.05) is 23.7 Å². The summed E-state index contributed by atoms with van der Waals surface area (Å²) in [6, 6.07) is 15.0. The number of carbonyl (C=O) groups excluding carboxylic acids is 2. The highest BCUT2D eigenvalue weighted by molar-refractivity contribution is 7.10. The maximum atomic E-state index is 12.9. The zero-order chi connectivity index (χ0) is 20.5. The summed E-state index contributed by atoms with van der Waals surface area (Å²) in [5, 5.41) is 3.88. The van der Waals surface area contributed by atoms with Crippen LogP contribution >= 0.6 is 23.1 Å². The highest BCUT2D eigenvalue weighted by Crippen LogP contribution is 2.23. The Morgan fingerprint density at radius 1 is 1.10 bits per heavy atom. The van der Waals surface area contributed by atoms with E-state index < -0.39 is 11.7 Å². The van der Waals surface area contributed by atoms with Crippen LogP contribution in [0.15, 0.2) is 54.7 Å². The molecule has 0 atom stereocenters. The van der Waals surface area contributed by atoms with Crippen molar-refractivity contribution in [2.75, 3.05) is 5.32 Å². The van der Waals surface area contributed by atoms with Crippen molar-refractivity contribution in [3.05, 3.63) is 87.8 Å². The molecule has 0 aliphatic heterocycles. The number of benzene rings is 1. The Morgan fingerprint density at radius 2 is 1.86 bits per heavy atom. The number of carbonyl (C=O) groups is 2. The van der Waals surface area contributed by atoms with Crippen LogP contribution in [-0.2, 0) is 11.2 Å². The zero-order valence-corrected chi connectivity index (χ0v) is 17.5. The van der Waals surface area contributed by atoms with Gasteiger partial charge in [-0.25, -0.2) is 0 Å². The fourth-order valence-corrected chi connectivity index (χ4v) is 4.00. The summed E-state index contributed by atoms with van der Waals surface area (Å²) in [5.41, 5.74) is 4.91. The first-order valence-corrected chi connectivity index (χ1v) is 10.2. The average Bonchev–Trinajstić information content (AvgIpc) is 3.26. The van der Waals surface area contributed by atoms with Gasteiger partial charge >= 0.3 is 0 Å². The van der Waals surface area contributed by atoms with Crippen LogP contribution in [0.4, 0.5) is 5.00 Å². The second-order valence-corrected chi connectivity index (χ2v) is 8.17. The third-order valence-electron chi connectivity index (χ3n) is 4.62. The van der Waals surface area contributed by atoms with Crippen molar-refractivity contribution >= 4 is 45.3 Å². The van der Waals surface area contributed by atoms with Crippen LogP contribution < -0.4 is 5.32 Å². The number of pyridine rings is 1. The summed E-state index contributed by atoms with van der Waals surface area (Å²) >= 11 is 7.13. The number of halogens is 1. The Bertz CT molecular complexity index is 1220. The molecular formula is C22H18ClN3O2S. The molecule has 7 heteroatoms. The van der Waals surface area contributed by atoms with Crippen LogP contribution in [0.25, 0.3) is 5.52 Å². The molecule has 3 aromatic heterocycles. The van der Waals surface area contributed by atoms with E-state index >= 15 is 0 Å². The molecule has 1 N–H and O–H groups in total. The SMILES string of the molecule is Cc1ccn2c(Cc3ccc(Cl)cc3)cc(C(=O)C(=O)Nc3cc(C)ns3)c2c1. The van der Waals surface area contributed by atoms with Gasteiger partial charge in [-0.2, -0.15) is 4.37 Å². The summed E-state index contributed by atoms with van der Waals surface area (Å²) < 4.78 is 6.08. The molecule has 0 unspecified atom stereocenters. The lowest BCUT2D eigenvalue weighted by atomic mass is 10.1. The summed E-state index contributed by atoms with van der Waals surface area (Å²) in [6.45, 7) is 3.79. The number of aryl methyl sites for hydroxylation is 2. The molecule has 0 saturated heterocycles. The van der Waals surface area contributed by atoms with Gasteiger partial charge < -0.3 is 9.72 Å². The molecule has 29 heavy (non-hydrogen) atoms. The van der Waals surface area contributed by atoms with E-state index in [1.54, 1.807) is 12.1 Å². The molecule has 0 fully saturated rings. The van der Waals surface area contributed by atoms with Crippen molar-refractivity contribution in [2.45, 2.75) is 20.3 Å². The second kappa shape index (κ2) is 7.81. The molecular weight excluding hydrogens is 406 g/mol. The summed E-state index contributed by atoms with van der Waals surface area (Å²) in [5.74, 6) is -1.23. The van der Waals surface area contributed by atoms with Crippen molar-refractivity contribution in [2.24, 2.45) is 0 Å². The van der Waals surface area contributed by atoms with Gasteiger partial charge in [0, 0.05) is 23.3 Å². The van der Waals surface area contributed by atoms with Crippen LogP contribution in [0.5, 0.6) is 0 Å². The van der Waals surface area contributed by atoms with Crippen molar-refractivity contribution in [1.29, 1.82) is 0 Å². The largest absolute Gasteiger partial charge is 0.320 e. The Labute approximate surface area is 177 Å².